The van der Waals surface area contributed by atoms with E-state index in [0.29, 0.717) is 28.6 Å². The summed E-state index contributed by atoms with van der Waals surface area (Å²) < 4.78 is 39.6. The number of alkyl halides is 3. The molecule has 1 unspecified atom stereocenters. The summed E-state index contributed by atoms with van der Waals surface area (Å²) in [4.78, 5) is 0. The van der Waals surface area contributed by atoms with Crippen LogP contribution in [0.5, 0.6) is 0 Å². The first-order chi connectivity index (χ1) is 12.9. The predicted molar refractivity (Wildman–Crippen MR) is 96.4 cm³/mol. The summed E-state index contributed by atoms with van der Waals surface area (Å²) in [5.41, 5.74) is 1.51. The minimum Gasteiger partial charge on any atom is -0.364 e. The average Bonchev–Trinajstić information content (AvgIpc) is 3.12. The second-order valence-electron chi connectivity index (χ2n) is 6.77. The largest absolute Gasteiger partial charge is 0.417 e. The van der Waals surface area contributed by atoms with Crippen LogP contribution in [0.1, 0.15) is 24.0 Å². The van der Waals surface area contributed by atoms with Crippen LogP contribution in [0, 0.1) is 6.92 Å². The standard InChI is InChI=1S/C18H19F3N6/c1-10-7-15(25-27-17(10)24-11-3-2-6-22-8-11)12-4-5-14(18(19,20)21)13-9-23-26-16(12)13/h4-5,7,9,11,22H,2-3,6,8H2,1H3,(H,23,26)(H,24,27). The molecule has 2 aromatic heterocycles. The Kier molecular flexibility index (Phi) is 4.47. The average molecular weight is 376 g/mol. The van der Waals surface area contributed by atoms with Gasteiger partial charge in [-0.05, 0) is 50.1 Å². The van der Waals surface area contributed by atoms with Crippen molar-refractivity contribution in [2.75, 3.05) is 18.4 Å². The molecule has 1 aromatic carbocycles. The monoisotopic (exact) mass is 376 g/mol. The molecule has 4 rings (SSSR count). The molecule has 6 nitrogen and oxygen atoms in total. The van der Waals surface area contributed by atoms with Crippen molar-refractivity contribution >= 4 is 16.7 Å². The highest BCUT2D eigenvalue weighted by Crippen LogP contribution is 2.37. The molecule has 27 heavy (non-hydrogen) atoms. The normalized spacial score (nSPS) is 18.0. The number of halogens is 3. The quantitative estimate of drug-likeness (QED) is 0.652. The van der Waals surface area contributed by atoms with E-state index >= 15 is 0 Å². The lowest BCUT2D eigenvalue weighted by Gasteiger charge is -2.24. The Morgan fingerprint density at radius 3 is 2.78 bits per heavy atom. The van der Waals surface area contributed by atoms with Gasteiger partial charge < -0.3 is 10.6 Å². The van der Waals surface area contributed by atoms with Gasteiger partial charge in [-0.1, -0.05) is 0 Å². The van der Waals surface area contributed by atoms with E-state index in [9.17, 15) is 13.2 Å². The van der Waals surface area contributed by atoms with Crippen molar-refractivity contribution in [1.29, 1.82) is 0 Å². The molecule has 1 aliphatic rings. The van der Waals surface area contributed by atoms with Gasteiger partial charge in [0.1, 0.15) is 0 Å². The maximum Gasteiger partial charge on any atom is 0.417 e. The molecule has 0 radical (unpaired) electrons. The third kappa shape index (κ3) is 3.46. The Hall–Kier alpha value is -2.68. The number of H-pyrrole nitrogens is 1. The van der Waals surface area contributed by atoms with E-state index in [-0.39, 0.29) is 5.39 Å². The number of aryl methyl sites for hydroxylation is 1. The summed E-state index contributed by atoms with van der Waals surface area (Å²) >= 11 is 0. The minimum absolute atomic E-state index is 0.0231. The first-order valence-corrected chi connectivity index (χ1v) is 8.78. The molecule has 1 atom stereocenters. The van der Waals surface area contributed by atoms with Crippen molar-refractivity contribution in [3.63, 3.8) is 0 Å². The fourth-order valence-corrected chi connectivity index (χ4v) is 3.42. The second kappa shape index (κ2) is 6.80. The number of nitrogens with one attached hydrogen (secondary N) is 3. The maximum absolute atomic E-state index is 13.2. The predicted octanol–water partition coefficient (Wildman–Crippen LogP) is 3.51. The molecular weight excluding hydrogens is 357 g/mol. The highest BCUT2D eigenvalue weighted by atomic mass is 19.4. The topological polar surface area (TPSA) is 78.5 Å². The van der Waals surface area contributed by atoms with E-state index in [1.807, 2.05) is 13.0 Å². The van der Waals surface area contributed by atoms with Crippen molar-refractivity contribution in [2.45, 2.75) is 32.0 Å². The van der Waals surface area contributed by atoms with Gasteiger partial charge in [0.05, 0.1) is 23.0 Å². The highest BCUT2D eigenvalue weighted by Gasteiger charge is 2.33. The Bertz CT molecular complexity index is 959. The van der Waals surface area contributed by atoms with Gasteiger partial charge in [0.15, 0.2) is 5.82 Å². The molecule has 3 N–H and O–H groups in total. The SMILES string of the molecule is Cc1cc(-c2ccc(C(F)(F)F)c3cn[nH]c23)nnc1NC1CCCNC1. The summed E-state index contributed by atoms with van der Waals surface area (Å²) in [5, 5.41) is 21.7. The van der Waals surface area contributed by atoms with Crippen LogP contribution < -0.4 is 10.6 Å². The Morgan fingerprint density at radius 2 is 2.07 bits per heavy atom. The van der Waals surface area contributed by atoms with Crippen molar-refractivity contribution < 1.29 is 13.2 Å². The Morgan fingerprint density at radius 1 is 1.22 bits per heavy atom. The van der Waals surface area contributed by atoms with Crippen molar-refractivity contribution in [3.8, 4) is 11.3 Å². The van der Waals surface area contributed by atoms with Crippen LogP contribution in [0.25, 0.3) is 22.2 Å². The van der Waals surface area contributed by atoms with E-state index in [0.717, 1.165) is 37.6 Å². The maximum atomic E-state index is 13.2. The molecular formula is C18H19F3N6. The second-order valence-corrected chi connectivity index (χ2v) is 6.77. The smallest absolute Gasteiger partial charge is 0.364 e. The van der Waals surface area contributed by atoms with Gasteiger partial charge in [-0.15, -0.1) is 10.2 Å². The zero-order chi connectivity index (χ0) is 19.0. The third-order valence-electron chi connectivity index (χ3n) is 4.82. The number of piperidine rings is 1. The molecule has 142 valence electrons. The first kappa shape index (κ1) is 17.7. The molecule has 1 aliphatic heterocycles. The minimum atomic E-state index is -4.44. The molecule has 9 heteroatoms. The van der Waals surface area contributed by atoms with Crippen LogP contribution in [-0.2, 0) is 6.18 Å². The van der Waals surface area contributed by atoms with E-state index in [4.69, 9.17) is 0 Å². The fourth-order valence-electron chi connectivity index (χ4n) is 3.42. The lowest BCUT2D eigenvalue weighted by Crippen LogP contribution is -2.38. The molecule has 0 bridgehead atoms. The number of fused-ring (bicyclic) bond motifs is 1. The van der Waals surface area contributed by atoms with Crippen LogP contribution >= 0.6 is 0 Å². The Labute approximate surface area is 153 Å². The molecule has 0 amide bonds. The molecule has 1 fully saturated rings. The zero-order valence-corrected chi connectivity index (χ0v) is 14.7. The van der Waals surface area contributed by atoms with Crippen molar-refractivity contribution in [2.24, 2.45) is 0 Å². The van der Waals surface area contributed by atoms with Crippen LogP contribution in [0.2, 0.25) is 0 Å². The number of rotatable bonds is 3. The lowest BCUT2D eigenvalue weighted by molar-refractivity contribution is -0.136. The lowest BCUT2D eigenvalue weighted by atomic mass is 10.0. The molecule has 0 saturated carbocycles. The van der Waals surface area contributed by atoms with Gasteiger partial charge in [0.25, 0.3) is 0 Å². The van der Waals surface area contributed by atoms with Crippen LogP contribution in [-0.4, -0.2) is 39.5 Å². The summed E-state index contributed by atoms with van der Waals surface area (Å²) in [6, 6.07) is 4.59. The number of hydrogen-bond donors (Lipinski definition) is 3. The molecule has 3 heterocycles. The molecule has 3 aromatic rings. The van der Waals surface area contributed by atoms with Crippen LogP contribution in [0.4, 0.5) is 19.0 Å². The van der Waals surface area contributed by atoms with Gasteiger partial charge in [0, 0.05) is 23.5 Å². The summed E-state index contributed by atoms with van der Waals surface area (Å²) in [6.45, 7) is 3.80. The van der Waals surface area contributed by atoms with Gasteiger partial charge in [0.2, 0.25) is 0 Å². The molecule has 0 aliphatic carbocycles. The molecule has 0 spiro atoms. The zero-order valence-electron chi connectivity index (χ0n) is 14.7. The van der Waals surface area contributed by atoms with Gasteiger partial charge in [-0.2, -0.15) is 18.3 Å². The van der Waals surface area contributed by atoms with E-state index in [1.165, 1.54) is 12.3 Å². The van der Waals surface area contributed by atoms with Gasteiger partial charge in [-0.3, -0.25) is 5.10 Å². The van der Waals surface area contributed by atoms with E-state index < -0.39 is 11.7 Å². The third-order valence-corrected chi connectivity index (χ3v) is 4.82. The van der Waals surface area contributed by atoms with E-state index in [2.05, 4.69) is 31.0 Å². The number of nitrogens with zero attached hydrogens (tertiary/aromatic N) is 3. The summed E-state index contributed by atoms with van der Waals surface area (Å²) in [5.74, 6) is 0.695. The summed E-state index contributed by atoms with van der Waals surface area (Å²) in [6.07, 6.45) is -1.09. The fraction of sp³-hybridized carbons (Fsp3) is 0.389. The number of hydrogen-bond acceptors (Lipinski definition) is 5. The van der Waals surface area contributed by atoms with Gasteiger partial charge in [-0.25, -0.2) is 0 Å². The van der Waals surface area contributed by atoms with Crippen LogP contribution in [0.3, 0.4) is 0 Å². The van der Waals surface area contributed by atoms with E-state index in [1.54, 1.807) is 0 Å². The highest BCUT2D eigenvalue weighted by molar-refractivity contribution is 5.94. The number of aromatic amines is 1. The summed E-state index contributed by atoms with van der Waals surface area (Å²) in [7, 11) is 0. The molecule has 1 saturated heterocycles. The number of aromatic nitrogens is 4. The number of anilines is 1. The van der Waals surface area contributed by atoms with Crippen molar-refractivity contribution in [1.82, 2.24) is 25.7 Å². The van der Waals surface area contributed by atoms with Crippen LogP contribution in [0.15, 0.2) is 24.4 Å². The first-order valence-electron chi connectivity index (χ1n) is 8.78. The Balaban J connectivity index is 1.68. The van der Waals surface area contributed by atoms with Crippen molar-refractivity contribution in [3.05, 3.63) is 35.5 Å². The number of benzene rings is 1. The van der Waals surface area contributed by atoms with Gasteiger partial charge >= 0.3 is 6.18 Å².